The zero-order valence-corrected chi connectivity index (χ0v) is 14.0. The molecule has 2 aromatic rings. The van der Waals surface area contributed by atoms with Crippen molar-refractivity contribution in [1.29, 1.82) is 0 Å². The maximum absolute atomic E-state index is 12.5. The third-order valence-electron chi connectivity index (χ3n) is 4.42. The van der Waals surface area contributed by atoms with Crippen LogP contribution < -0.4 is 4.90 Å². The SMILES string of the molecule is O=C(O)c1cccc(N2CCN(C(=O)c3ccccc3)CC2)c1C(=O)O. The van der Waals surface area contributed by atoms with Gasteiger partial charge in [-0.3, -0.25) is 4.79 Å². The van der Waals surface area contributed by atoms with Gasteiger partial charge >= 0.3 is 11.9 Å². The van der Waals surface area contributed by atoms with E-state index < -0.39 is 11.9 Å². The van der Waals surface area contributed by atoms with Crippen LogP contribution in [0.4, 0.5) is 5.69 Å². The average molecular weight is 354 g/mol. The summed E-state index contributed by atoms with van der Waals surface area (Å²) in [5.74, 6) is -2.62. The third-order valence-corrected chi connectivity index (χ3v) is 4.42. The number of hydrogen-bond acceptors (Lipinski definition) is 4. The fourth-order valence-electron chi connectivity index (χ4n) is 3.12. The molecule has 0 bridgehead atoms. The number of hydrogen-bond donors (Lipinski definition) is 2. The fourth-order valence-corrected chi connectivity index (χ4v) is 3.12. The highest BCUT2D eigenvalue weighted by atomic mass is 16.4. The van der Waals surface area contributed by atoms with Crippen LogP contribution in [0.25, 0.3) is 0 Å². The maximum atomic E-state index is 12.5. The highest BCUT2D eigenvalue weighted by molar-refractivity contribution is 6.06. The van der Waals surface area contributed by atoms with Crippen LogP contribution in [-0.2, 0) is 0 Å². The van der Waals surface area contributed by atoms with E-state index in [4.69, 9.17) is 0 Å². The molecule has 0 unspecified atom stereocenters. The molecular weight excluding hydrogens is 336 g/mol. The van der Waals surface area contributed by atoms with E-state index in [1.165, 1.54) is 12.1 Å². The summed E-state index contributed by atoms with van der Waals surface area (Å²) < 4.78 is 0. The first-order chi connectivity index (χ1) is 12.5. The summed E-state index contributed by atoms with van der Waals surface area (Å²) in [7, 11) is 0. The predicted molar refractivity (Wildman–Crippen MR) is 94.9 cm³/mol. The number of anilines is 1. The van der Waals surface area contributed by atoms with Crippen molar-refractivity contribution in [3.05, 3.63) is 65.2 Å². The summed E-state index contributed by atoms with van der Waals surface area (Å²) in [6.07, 6.45) is 0. The van der Waals surface area contributed by atoms with Crippen molar-refractivity contribution < 1.29 is 24.6 Å². The number of amides is 1. The Morgan fingerprint density at radius 3 is 2.00 bits per heavy atom. The smallest absolute Gasteiger partial charge is 0.338 e. The van der Waals surface area contributed by atoms with Gasteiger partial charge in [0.25, 0.3) is 5.91 Å². The predicted octanol–water partition coefficient (Wildman–Crippen LogP) is 2.05. The summed E-state index contributed by atoms with van der Waals surface area (Å²) in [6, 6.07) is 13.4. The molecule has 3 rings (SSSR count). The van der Waals surface area contributed by atoms with Gasteiger partial charge in [0.1, 0.15) is 0 Å². The highest BCUT2D eigenvalue weighted by Crippen LogP contribution is 2.26. The lowest BCUT2D eigenvalue weighted by molar-refractivity contribution is 0.0651. The molecule has 1 fully saturated rings. The number of nitrogens with zero attached hydrogens (tertiary/aromatic N) is 2. The van der Waals surface area contributed by atoms with Gasteiger partial charge in [0, 0.05) is 31.7 Å². The Morgan fingerprint density at radius 1 is 0.769 bits per heavy atom. The molecule has 134 valence electrons. The minimum absolute atomic E-state index is 0.0667. The van der Waals surface area contributed by atoms with E-state index in [2.05, 4.69) is 0 Å². The van der Waals surface area contributed by atoms with Gasteiger partial charge in [0.2, 0.25) is 0 Å². The minimum Gasteiger partial charge on any atom is -0.478 e. The van der Waals surface area contributed by atoms with Crippen LogP contribution in [0.15, 0.2) is 48.5 Å². The monoisotopic (exact) mass is 354 g/mol. The summed E-state index contributed by atoms with van der Waals surface area (Å²) in [5, 5.41) is 18.7. The molecule has 1 aliphatic heterocycles. The average Bonchev–Trinajstić information content (AvgIpc) is 2.67. The van der Waals surface area contributed by atoms with E-state index in [1.807, 2.05) is 11.0 Å². The quantitative estimate of drug-likeness (QED) is 0.872. The Bertz CT molecular complexity index is 842. The number of benzene rings is 2. The molecule has 1 amide bonds. The largest absolute Gasteiger partial charge is 0.478 e. The minimum atomic E-state index is -1.28. The number of rotatable bonds is 4. The van der Waals surface area contributed by atoms with E-state index >= 15 is 0 Å². The first kappa shape index (κ1) is 17.5. The van der Waals surface area contributed by atoms with E-state index in [0.717, 1.165) is 0 Å². The molecule has 0 atom stereocenters. The zero-order valence-electron chi connectivity index (χ0n) is 14.0. The van der Waals surface area contributed by atoms with Gasteiger partial charge in [-0.25, -0.2) is 9.59 Å². The Labute approximate surface area is 150 Å². The van der Waals surface area contributed by atoms with Crippen LogP contribution in [0.3, 0.4) is 0 Å². The van der Waals surface area contributed by atoms with Crippen LogP contribution >= 0.6 is 0 Å². The van der Waals surface area contributed by atoms with Gasteiger partial charge < -0.3 is 20.0 Å². The number of carbonyl (C=O) groups is 3. The van der Waals surface area contributed by atoms with E-state index in [1.54, 1.807) is 35.2 Å². The van der Waals surface area contributed by atoms with Crippen LogP contribution in [0.1, 0.15) is 31.1 Å². The molecule has 2 aromatic carbocycles. The number of carboxylic acid groups (broad SMARTS) is 2. The first-order valence-corrected chi connectivity index (χ1v) is 8.18. The van der Waals surface area contributed by atoms with Crippen molar-refractivity contribution in [2.24, 2.45) is 0 Å². The topological polar surface area (TPSA) is 98.2 Å². The second kappa shape index (κ2) is 7.26. The van der Waals surface area contributed by atoms with Gasteiger partial charge in [0.05, 0.1) is 16.8 Å². The second-order valence-corrected chi connectivity index (χ2v) is 5.96. The molecule has 0 aromatic heterocycles. The molecule has 0 spiro atoms. The van der Waals surface area contributed by atoms with Crippen molar-refractivity contribution in [3.8, 4) is 0 Å². The molecule has 1 heterocycles. The standard InChI is InChI=1S/C19H18N2O5/c22-17(13-5-2-1-3-6-13)21-11-9-20(10-12-21)15-8-4-7-14(18(23)24)16(15)19(25)26/h1-8H,9-12H2,(H,23,24)(H,25,26). The van der Waals surface area contributed by atoms with Gasteiger partial charge in [0.15, 0.2) is 0 Å². The molecule has 1 saturated heterocycles. The lowest BCUT2D eigenvalue weighted by Gasteiger charge is -2.36. The Balaban J connectivity index is 1.78. The molecule has 0 saturated carbocycles. The third kappa shape index (κ3) is 3.37. The normalized spacial score (nSPS) is 14.2. The Morgan fingerprint density at radius 2 is 1.42 bits per heavy atom. The molecule has 1 aliphatic rings. The van der Waals surface area contributed by atoms with E-state index in [-0.39, 0.29) is 17.0 Å². The van der Waals surface area contributed by atoms with Crippen molar-refractivity contribution in [2.45, 2.75) is 0 Å². The summed E-state index contributed by atoms with van der Waals surface area (Å²) in [5.41, 5.74) is 0.518. The molecule has 0 radical (unpaired) electrons. The molecule has 2 N–H and O–H groups in total. The van der Waals surface area contributed by atoms with Crippen LogP contribution in [-0.4, -0.2) is 59.1 Å². The second-order valence-electron chi connectivity index (χ2n) is 5.96. The van der Waals surface area contributed by atoms with E-state index in [9.17, 15) is 24.6 Å². The number of carboxylic acids is 2. The van der Waals surface area contributed by atoms with Crippen molar-refractivity contribution in [1.82, 2.24) is 4.90 Å². The number of carbonyl (C=O) groups excluding carboxylic acids is 1. The summed E-state index contributed by atoms with van der Waals surface area (Å²) in [4.78, 5) is 38.9. The maximum Gasteiger partial charge on any atom is 0.338 e. The van der Waals surface area contributed by atoms with Gasteiger partial charge in [-0.15, -0.1) is 0 Å². The van der Waals surface area contributed by atoms with Gasteiger partial charge in [-0.2, -0.15) is 0 Å². The van der Waals surface area contributed by atoms with Gasteiger partial charge in [-0.05, 0) is 24.3 Å². The van der Waals surface area contributed by atoms with Crippen molar-refractivity contribution in [3.63, 3.8) is 0 Å². The van der Waals surface area contributed by atoms with Gasteiger partial charge in [-0.1, -0.05) is 24.3 Å². The fraction of sp³-hybridized carbons (Fsp3) is 0.211. The molecule has 0 aliphatic carbocycles. The van der Waals surface area contributed by atoms with Crippen LogP contribution in [0.2, 0.25) is 0 Å². The molecule has 26 heavy (non-hydrogen) atoms. The highest BCUT2D eigenvalue weighted by Gasteiger charge is 2.27. The van der Waals surface area contributed by atoms with Crippen LogP contribution in [0, 0.1) is 0 Å². The van der Waals surface area contributed by atoms with Crippen molar-refractivity contribution >= 4 is 23.5 Å². The van der Waals surface area contributed by atoms with E-state index in [0.29, 0.717) is 37.4 Å². The molecule has 7 nitrogen and oxygen atoms in total. The summed E-state index contributed by atoms with van der Waals surface area (Å²) in [6.45, 7) is 1.73. The van der Waals surface area contributed by atoms with Crippen LogP contribution in [0.5, 0.6) is 0 Å². The van der Waals surface area contributed by atoms with Crippen molar-refractivity contribution in [2.75, 3.05) is 31.1 Å². The zero-order chi connectivity index (χ0) is 18.7. The number of piperazine rings is 1. The Hall–Kier alpha value is -3.35. The summed E-state index contributed by atoms with van der Waals surface area (Å²) >= 11 is 0. The first-order valence-electron chi connectivity index (χ1n) is 8.18. The number of aromatic carboxylic acids is 2. The Kier molecular flexibility index (Phi) is 4.88. The molecular formula is C19H18N2O5. The lowest BCUT2D eigenvalue weighted by Crippen LogP contribution is -2.49. The lowest BCUT2D eigenvalue weighted by atomic mass is 10.0. The molecule has 7 heteroatoms.